The summed E-state index contributed by atoms with van der Waals surface area (Å²) in [5.74, 6) is 1.83. The monoisotopic (exact) mass is 628 g/mol. The van der Waals surface area contributed by atoms with Crippen molar-refractivity contribution in [3.63, 3.8) is 0 Å². The molecule has 238 valence electrons. The molecule has 6 rings (SSSR count). The molecule has 0 saturated heterocycles. The Labute approximate surface area is 273 Å². The summed E-state index contributed by atoms with van der Waals surface area (Å²) in [6.45, 7) is 10.4. The highest BCUT2D eigenvalue weighted by Crippen LogP contribution is 2.34. The van der Waals surface area contributed by atoms with Crippen molar-refractivity contribution in [2.45, 2.75) is 47.1 Å². The minimum absolute atomic E-state index is 0.147. The zero-order chi connectivity index (χ0) is 33.2. The molecule has 4 aromatic carbocycles. The number of hydrogen-bond donors (Lipinski definition) is 0. The molecule has 2 heterocycles. The molecule has 2 aromatic heterocycles. The highest BCUT2D eigenvalue weighted by Gasteiger charge is 2.19. The van der Waals surface area contributed by atoms with Gasteiger partial charge in [0.1, 0.15) is 23.9 Å². The van der Waals surface area contributed by atoms with E-state index in [0.717, 1.165) is 45.1 Å². The van der Waals surface area contributed by atoms with Crippen molar-refractivity contribution in [2.75, 3.05) is 7.11 Å². The second-order valence-electron chi connectivity index (χ2n) is 11.9. The minimum atomic E-state index is -0.287. The quantitative estimate of drug-likeness (QED) is 0.151. The predicted octanol–water partition coefficient (Wildman–Crippen LogP) is 8.51. The molecule has 0 unspecified atom stereocenters. The van der Waals surface area contributed by atoms with Crippen molar-refractivity contribution in [1.29, 1.82) is 0 Å². The normalized spacial score (nSPS) is 11.6. The molecule has 8 heteroatoms. The van der Waals surface area contributed by atoms with Gasteiger partial charge in [0.15, 0.2) is 5.82 Å². The number of nitrogens with zero attached hydrogens (tertiary/aromatic N) is 4. The number of rotatable bonds is 9. The first kappa shape index (κ1) is 31.5. The molecule has 0 amide bonds. The van der Waals surface area contributed by atoms with Crippen LogP contribution in [0.5, 0.6) is 11.5 Å². The van der Waals surface area contributed by atoms with Crippen LogP contribution in [-0.2, 0) is 6.61 Å². The fourth-order valence-corrected chi connectivity index (χ4v) is 5.88. The molecule has 7 nitrogen and oxygen atoms in total. The van der Waals surface area contributed by atoms with Gasteiger partial charge in [0, 0.05) is 33.8 Å². The molecule has 0 fully saturated rings. The van der Waals surface area contributed by atoms with Gasteiger partial charge in [-0.2, -0.15) is 9.78 Å². The zero-order valence-corrected chi connectivity index (χ0v) is 27.4. The van der Waals surface area contributed by atoms with E-state index in [0.29, 0.717) is 28.0 Å². The van der Waals surface area contributed by atoms with E-state index in [1.807, 2.05) is 75.4 Å². The molecule has 0 spiro atoms. The van der Waals surface area contributed by atoms with Crippen LogP contribution in [0.1, 0.15) is 53.4 Å². The average Bonchev–Trinajstić information content (AvgIpc) is 3.35. The molecule has 0 N–H and O–H groups in total. The van der Waals surface area contributed by atoms with E-state index < -0.39 is 0 Å². The van der Waals surface area contributed by atoms with Crippen molar-refractivity contribution >= 4 is 17.1 Å². The van der Waals surface area contributed by atoms with Crippen molar-refractivity contribution in [2.24, 2.45) is 5.10 Å². The lowest BCUT2D eigenvalue weighted by Crippen LogP contribution is -2.21. The van der Waals surface area contributed by atoms with Crippen LogP contribution in [0.15, 0.2) is 101 Å². The molecule has 0 aliphatic carbocycles. The third-order valence-corrected chi connectivity index (χ3v) is 8.42. The van der Waals surface area contributed by atoms with Crippen LogP contribution in [0.2, 0.25) is 0 Å². The smallest absolute Gasteiger partial charge is 0.282 e. The van der Waals surface area contributed by atoms with Gasteiger partial charge >= 0.3 is 0 Å². The fourth-order valence-electron chi connectivity index (χ4n) is 5.88. The molecule has 0 bridgehead atoms. The van der Waals surface area contributed by atoms with Crippen LogP contribution in [0.3, 0.4) is 0 Å². The number of benzene rings is 4. The molecule has 0 aliphatic heterocycles. The first-order chi connectivity index (χ1) is 22.7. The maximum absolute atomic E-state index is 14.0. The highest BCUT2D eigenvalue weighted by molar-refractivity contribution is 5.84. The largest absolute Gasteiger partial charge is 0.496 e. The molecular weight excluding hydrogens is 591 g/mol. The summed E-state index contributed by atoms with van der Waals surface area (Å²) in [6.07, 6.45) is 1.72. The number of para-hydroxylation sites is 1. The third kappa shape index (κ3) is 6.19. The van der Waals surface area contributed by atoms with Crippen molar-refractivity contribution in [1.82, 2.24) is 14.2 Å². The summed E-state index contributed by atoms with van der Waals surface area (Å²) in [5, 5.41) is 5.26. The van der Waals surface area contributed by atoms with E-state index >= 15 is 0 Å². The Kier molecular flexibility index (Phi) is 8.76. The summed E-state index contributed by atoms with van der Waals surface area (Å²) < 4.78 is 29.0. The van der Waals surface area contributed by atoms with E-state index in [9.17, 15) is 9.18 Å². The van der Waals surface area contributed by atoms with E-state index in [-0.39, 0.29) is 23.9 Å². The van der Waals surface area contributed by atoms with Crippen LogP contribution in [-0.4, -0.2) is 27.6 Å². The molecule has 0 atom stereocenters. The minimum Gasteiger partial charge on any atom is -0.496 e. The lowest BCUT2D eigenvalue weighted by atomic mass is 9.96. The molecule has 6 aromatic rings. The molecule has 0 aliphatic rings. The molecule has 0 saturated carbocycles. The Morgan fingerprint density at radius 1 is 0.936 bits per heavy atom. The number of ether oxygens (including phenoxy) is 2. The predicted molar refractivity (Wildman–Crippen MR) is 186 cm³/mol. The van der Waals surface area contributed by atoms with Gasteiger partial charge in [-0.15, -0.1) is 0 Å². The summed E-state index contributed by atoms with van der Waals surface area (Å²) in [7, 11) is 1.67. The fraction of sp³-hybridized carbons (Fsp3) is 0.205. The third-order valence-electron chi connectivity index (χ3n) is 8.42. The maximum Gasteiger partial charge on any atom is 0.282 e. The van der Waals surface area contributed by atoms with E-state index in [2.05, 4.69) is 24.5 Å². The number of methoxy groups -OCH3 is 1. The standard InChI is InChI=1S/C39H37FN4O3/c1-24(2)33-21-34(25(3)19-37(33)46-6)38-42-36-14-10-8-12-32(36)39(45)44(38)41-22-29-20-26(4)43(27(29)5)30-15-17-31(18-16-30)47-23-28-11-7-9-13-35(28)40/h7-22,24H,23H2,1-6H3. The van der Waals surface area contributed by atoms with Crippen molar-refractivity contribution in [3.05, 3.63) is 141 Å². The van der Waals surface area contributed by atoms with E-state index in [1.54, 1.807) is 37.6 Å². The van der Waals surface area contributed by atoms with Crippen LogP contribution in [0.4, 0.5) is 4.39 Å². The van der Waals surface area contributed by atoms with Gasteiger partial charge in [-0.25, -0.2) is 9.37 Å². The topological polar surface area (TPSA) is 70.6 Å². The van der Waals surface area contributed by atoms with Gasteiger partial charge in [0.25, 0.3) is 5.56 Å². The summed E-state index contributed by atoms with van der Waals surface area (Å²) in [4.78, 5) is 18.9. The number of fused-ring (bicyclic) bond motifs is 1. The lowest BCUT2D eigenvalue weighted by Gasteiger charge is -2.17. The Bertz CT molecular complexity index is 2180. The molecule has 0 radical (unpaired) electrons. The molecular formula is C39H37FN4O3. The van der Waals surface area contributed by atoms with Gasteiger partial charge in [0.05, 0.1) is 24.2 Å². The number of halogens is 1. The Hall–Kier alpha value is -5.50. The first-order valence-corrected chi connectivity index (χ1v) is 15.6. The second-order valence-corrected chi connectivity index (χ2v) is 11.9. The summed E-state index contributed by atoms with van der Waals surface area (Å²) >= 11 is 0. The van der Waals surface area contributed by atoms with Crippen LogP contribution < -0.4 is 15.0 Å². The zero-order valence-electron chi connectivity index (χ0n) is 27.4. The van der Waals surface area contributed by atoms with Crippen molar-refractivity contribution < 1.29 is 13.9 Å². The SMILES string of the molecule is COc1cc(C)c(-c2nc3ccccc3c(=O)n2N=Cc2cc(C)n(-c3ccc(OCc4ccccc4F)cc3)c2C)cc1C(C)C. The number of aromatic nitrogens is 3. The average molecular weight is 629 g/mol. The lowest BCUT2D eigenvalue weighted by molar-refractivity contribution is 0.300. The van der Waals surface area contributed by atoms with Gasteiger partial charge in [-0.3, -0.25) is 4.79 Å². The molecule has 47 heavy (non-hydrogen) atoms. The van der Waals surface area contributed by atoms with Crippen LogP contribution >= 0.6 is 0 Å². The first-order valence-electron chi connectivity index (χ1n) is 15.6. The van der Waals surface area contributed by atoms with E-state index in [4.69, 9.17) is 19.6 Å². The summed E-state index contributed by atoms with van der Waals surface area (Å²) in [5.41, 5.74) is 7.40. The number of hydrogen-bond acceptors (Lipinski definition) is 5. The Morgan fingerprint density at radius 3 is 2.38 bits per heavy atom. The van der Waals surface area contributed by atoms with Gasteiger partial charge in [-0.1, -0.05) is 44.2 Å². The van der Waals surface area contributed by atoms with E-state index in [1.165, 1.54) is 10.7 Å². The van der Waals surface area contributed by atoms with Gasteiger partial charge in [-0.05, 0) is 98.5 Å². The van der Waals surface area contributed by atoms with Gasteiger partial charge < -0.3 is 14.0 Å². The second kappa shape index (κ2) is 13.1. The Morgan fingerprint density at radius 2 is 1.66 bits per heavy atom. The maximum atomic E-state index is 14.0. The summed E-state index contributed by atoms with van der Waals surface area (Å²) in [6, 6.07) is 27.7. The highest BCUT2D eigenvalue weighted by atomic mass is 19.1. The van der Waals surface area contributed by atoms with Crippen LogP contribution in [0, 0.1) is 26.6 Å². The Balaban J connectivity index is 1.36. The van der Waals surface area contributed by atoms with Crippen LogP contribution in [0.25, 0.3) is 28.0 Å². The van der Waals surface area contributed by atoms with Crippen molar-refractivity contribution in [3.8, 4) is 28.6 Å². The van der Waals surface area contributed by atoms with Gasteiger partial charge in [0.2, 0.25) is 0 Å². The number of aryl methyl sites for hydroxylation is 2.